The van der Waals surface area contributed by atoms with E-state index in [2.05, 4.69) is 6.92 Å². The SMILES string of the molecule is C[C@]12C=CC(=O)C=C1CC[C@@H]1[C@@H]2[C@@H](O)C[C@@]2(C)[C@H]1C[C@H]1O[C@@H](c3sccc3F)O[C@]12C(=O)CO. The average molecular weight is 489 g/mol. The maximum atomic E-state index is 14.4. The molecule has 4 aliphatic carbocycles. The van der Waals surface area contributed by atoms with Crippen LogP contribution in [0.5, 0.6) is 0 Å². The van der Waals surface area contributed by atoms with Crippen molar-refractivity contribution in [1.29, 1.82) is 0 Å². The van der Waals surface area contributed by atoms with Gasteiger partial charge in [-0.1, -0.05) is 25.5 Å². The zero-order chi connectivity index (χ0) is 24.0. The summed E-state index contributed by atoms with van der Waals surface area (Å²) in [4.78, 5) is 25.7. The fraction of sp³-hybridized carbons (Fsp3) is 0.615. The van der Waals surface area contributed by atoms with Gasteiger partial charge in [-0.3, -0.25) is 9.59 Å². The van der Waals surface area contributed by atoms with E-state index in [1.807, 2.05) is 13.0 Å². The Morgan fingerprint density at radius 3 is 2.85 bits per heavy atom. The van der Waals surface area contributed by atoms with Crippen molar-refractivity contribution < 1.29 is 33.7 Å². The molecule has 0 unspecified atom stereocenters. The minimum Gasteiger partial charge on any atom is -0.393 e. The van der Waals surface area contributed by atoms with Gasteiger partial charge in [-0.15, -0.1) is 11.3 Å². The van der Waals surface area contributed by atoms with Crippen LogP contribution in [0, 0.1) is 34.4 Å². The summed E-state index contributed by atoms with van der Waals surface area (Å²) in [5.74, 6) is -0.923. The molecule has 2 heterocycles. The number of aliphatic hydroxyl groups is 2. The molecule has 3 saturated carbocycles. The number of fused-ring (bicyclic) bond motifs is 7. The topological polar surface area (TPSA) is 93.1 Å². The van der Waals surface area contributed by atoms with Crippen molar-refractivity contribution in [3.8, 4) is 0 Å². The van der Waals surface area contributed by atoms with E-state index in [0.717, 1.165) is 18.4 Å². The second-order valence-electron chi connectivity index (χ2n) is 11.0. The van der Waals surface area contributed by atoms with Crippen LogP contribution in [0.3, 0.4) is 0 Å². The number of ketones is 2. The van der Waals surface area contributed by atoms with Gasteiger partial charge in [0.05, 0.1) is 17.1 Å². The molecule has 1 aromatic heterocycles. The van der Waals surface area contributed by atoms with Crippen LogP contribution in [0.1, 0.15) is 50.7 Å². The maximum Gasteiger partial charge on any atom is 0.197 e. The van der Waals surface area contributed by atoms with Gasteiger partial charge in [-0.25, -0.2) is 4.39 Å². The first-order valence-electron chi connectivity index (χ1n) is 12.0. The predicted molar refractivity (Wildman–Crippen MR) is 121 cm³/mol. The highest BCUT2D eigenvalue weighted by atomic mass is 32.1. The van der Waals surface area contributed by atoms with Crippen LogP contribution in [0.25, 0.3) is 0 Å². The van der Waals surface area contributed by atoms with Crippen molar-refractivity contribution in [2.75, 3.05) is 6.61 Å². The molecule has 0 amide bonds. The molecule has 9 atom stereocenters. The van der Waals surface area contributed by atoms with E-state index in [1.54, 1.807) is 17.5 Å². The van der Waals surface area contributed by atoms with Crippen molar-refractivity contribution in [1.82, 2.24) is 0 Å². The summed E-state index contributed by atoms with van der Waals surface area (Å²) < 4.78 is 26.9. The monoisotopic (exact) mass is 488 g/mol. The van der Waals surface area contributed by atoms with Gasteiger partial charge < -0.3 is 19.7 Å². The van der Waals surface area contributed by atoms with Gasteiger partial charge in [0.15, 0.2) is 23.5 Å². The number of Topliss-reactive ketones (excluding diaryl/α,β-unsaturated/α-hetero) is 1. The largest absolute Gasteiger partial charge is 0.393 e. The zero-order valence-electron chi connectivity index (χ0n) is 19.2. The highest BCUT2D eigenvalue weighted by Crippen LogP contribution is 2.70. The normalized spacial score (nSPS) is 47.0. The Kier molecular flexibility index (Phi) is 4.95. The number of halogens is 1. The fourth-order valence-corrected chi connectivity index (χ4v) is 9.01. The van der Waals surface area contributed by atoms with Crippen LogP contribution in [-0.2, 0) is 19.1 Å². The maximum absolute atomic E-state index is 14.4. The van der Waals surface area contributed by atoms with Gasteiger partial charge in [0.2, 0.25) is 0 Å². The third kappa shape index (κ3) is 2.69. The molecule has 0 radical (unpaired) electrons. The van der Waals surface area contributed by atoms with Crippen LogP contribution >= 0.6 is 11.3 Å². The molecule has 6 rings (SSSR count). The number of rotatable bonds is 3. The molecule has 1 saturated heterocycles. The predicted octanol–water partition coefficient (Wildman–Crippen LogP) is 3.49. The molecule has 34 heavy (non-hydrogen) atoms. The summed E-state index contributed by atoms with van der Waals surface area (Å²) in [7, 11) is 0. The van der Waals surface area contributed by atoms with E-state index in [-0.39, 0.29) is 28.4 Å². The second kappa shape index (κ2) is 7.40. The molecule has 4 fully saturated rings. The van der Waals surface area contributed by atoms with Gasteiger partial charge in [0.1, 0.15) is 12.4 Å². The minimum absolute atomic E-state index is 0.0138. The van der Waals surface area contributed by atoms with Crippen LogP contribution < -0.4 is 0 Å². The Bertz CT molecular complexity index is 1130. The standard InChI is InChI=1S/C26H29FO6S/c1-24-7-5-14(29)9-13(24)3-4-15-16-10-20-26(19(31)12-28,25(16,2)11-18(30)21(15)24)33-23(32-20)22-17(27)6-8-34-22/h5-9,15-16,18,20-21,23,28,30H,3-4,10-12H2,1-2H3/t15-,16-,18-,20+,21+,23+,24-,25-,26+/m0/s1. The molecular weight excluding hydrogens is 459 g/mol. The highest BCUT2D eigenvalue weighted by molar-refractivity contribution is 7.10. The van der Waals surface area contributed by atoms with Gasteiger partial charge in [-0.05, 0) is 61.1 Å². The summed E-state index contributed by atoms with van der Waals surface area (Å²) >= 11 is 1.17. The van der Waals surface area contributed by atoms with E-state index in [4.69, 9.17) is 9.47 Å². The number of ether oxygens (including phenoxy) is 2. The summed E-state index contributed by atoms with van der Waals surface area (Å²) in [5, 5.41) is 23.2. The van der Waals surface area contributed by atoms with Crippen LogP contribution in [0.15, 0.2) is 35.2 Å². The lowest BCUT2D eigenvalue weighted by molar-refractivity contribution is -0.200. The first kappa shape index (κ1) is 22.7. The van der Waals surface area contributed by atoms with Crippen molar-refractivity contribution in [3.63, 3.8) is 0 Å². The lowest BCUT2D eigenvalue weighted by Crippen LogP contribution is -2.63. The number of carbonyl (C=O) groups is 2. The first-order valence-corrected chi connectivity index (χ1v) is 12.9. The quantitative estimate of drug-likeness (QED) is 0.677. The molecule has 2 N–H and O–H groups in total. The number of thiophene rings is 1. The van der Waals surface area contributed by atoms with Gasteiger partial charge in [-0.2, -0.15) is 0 Å². The number of hydrogen-bond acceptors (Lipinski definition) is 7. The molecule has 182 valence electrons. The van der Waals surface area contributed by atoms with Crippen LogP contribution in [0.4, 0.5) is 4.39 Å². The Morgan fingerprint density at radius 2 is 2.15 bits per heavy atom. The third-order valence-electron chi connectivity index (χ3n) is 9.65. The lowest BCUT2D eigenvalue weighted by Gasteiger charge is -2.59. The zero-order valence-corrected chi connectivity index (χ0v) is 20.0. The first-order chi connectivity index (χ1) is 16.2. The molecule has 8 heteroatoms. The molecule has 1 aromatic rings. The Balaban J connectivity index is 1.41. The van der Waals surface area contributed by atoms with Crippen molar-refractivity contribution in [3.05, 3.63) is 45.9 Å². The summed E-state index contributed by atoms with van der Waals surface area (Å²) in [5.41, 5.74) is -1.60. The van der Waals surface area contributed by atoms with Crippen molar-refractivity contribution in [2.45, 2.75) is 63.6 Å². The minimum atomic E-state index is -1.45. The Hall–Kier alpha value is -1.71. The van der Waals surface area contributed by atoms with E-state index in [9.17, 15) is 24.2 Å². The summed E-state index contributed by atoms with van der Waals surface area (Å²) in [6, 6.07) is 1.34. The molecule has 0 bridgehead atoms. The fourth-order valence-electron chi connectivity index (χ4n) is 8.28. The Labute approximate surface area is 201 Å². The van der Waals surface area contributed by atoms with E-state index < -0.39 is 53.1 Å². The van der Waals surface area contributed by atoms with Gasteiger partial charge in [0.25, 0.3) is 0 Å². The molecule has 0 aromatic carbocycles. The highest BCUT2D eigenvalue weighted by Gasteiger charge is 2.76. The van der Waals surface area contributed by atoms with Gasteiger partial charge >= 0.3 is 0 Å². The lowest BCUT2D eigenvalue weighted by atomic mass is 9.46. The third-order valence-corrected chi connectivity index (χ3v) is 10.6. The smallest absolute Gasteiger partial charge is 0.197 e. The van der Waals surface area contributed by atoms with Crippen LogP contribution in [0.2, 0.25) is 0 Å². The average Bonchev–Trinajstić information content (AvgIpc) is 3.45. The van der Waals surface area contributed by atoms with E-state index in [0.29, 0.717) is 12.8 Å². The number of hydrogen-bond donors (Lipinski definition) is 2. The summed E-state index contributed by atoms with van der Waals surface area (Å²) in [6.45, 7) is 3.36. The second-order valence-corrected chi connectivity index (χ2v) is 11.9. The van der Waals surface area contributed by atoms with E-state index in [1.165, 1.54) is 17.4 Å². The molecule has 0 spiro atoms. The molecular formula is C26H29FO6S. The van der Waals surface area contributed by atoms with Gasteiger partial charge in [0, 0.05) is 16.7 Å². The number of carbonyl (C=O) groups excluding carboxylic acids is 2. The molecule has 6 nitrogen and oxygen atoms in total. The van der Waals surface area contributed by atoms with E-state index >= 15 is 0 Å². The molecule has 5 aliphatic rings. The summed E-state index contributed by atoms with van der Waals surface area (Å²) in [6.07, 6.45) is 5.26. The number of allylic oxidation sites excluding steroid dienone is 4. The van der Waals surface area contributed by atoms with Crippen LogP contribution in [-0.4, -0.2) is 46.2 Å². The van der Waals surface area contributed by atoms with Crippen molar-refractivity contribution in [2.24, 2.45) is 28.6 Å². The Morgan fingerprint density at radius 1 is 1.35 bits per heavy atom. The number of aliphatic hydroxyl groups excluding tert-OH is 2. The molecule has 1 aliphatic heterocycles. The van der Waals surface area contributed by atoms with Crippen molar-refractivity contribution >= 4 is 22.9 Å².